The number of likely N-dealkylation sites (N-methyl/N-ethyl adjacent to an activating group) is 1. The molecule has 20 heavy (non-hydrogen) atoms. The molecule has 0 radical (unpaired) electrons. The molecule has 1 aromatic carbocycles. The maximum absolute atomic E-state index is 12.6. The largest absolute Gasteiger partial charge is 0.392 e. The van der Waals surface area contributed by atoms with Crippen LogP contribution >= 0.6 is 0 Å². The van der Waals surface area contributed by atoms with E-state index in [2.05, 4.69) is 0 Å². The lowest BCUT2D eigenvalue weighted by Gasteiger charge is -2.20. The molecule has 0 aliphatic carbocycles. The van der Waals surface area contributed by atoms with Gasteiger partial charge in [0, 0.05) is 20.2 Å². The van der Waals surface area contributed by atoms with Gasteiger partial charge in [-0.1, -0.05) is 6.07 Å². The van der Waals surface area contributed by atoms with Crippen molar-refractivity contribution in [2.75, 3.05) is 26.8 Å². The van der Waals surface area contributed by atoms with Gasteiger partial charge in [-0.05, 0) is 43.5 Å². The van der Waals surface area contributed by atoms with E-state index >= 15 is 0 Å². The first-order chi connectivity index (χ1) is 9.34. The van der Waals surface area contributed by atoms with Gasteiger partial charge in [-0.3, -0.25) is 0 Å². The molecule has 0 saturated carbocycles. The summed E-state index contributed by atoms with van der Waals surface area (Å²) in [6.07, 6.45) is 0. The minimum Gasteiger partial charge on any atom is -0.392 e. The Morgan fingerprint density at radius 3 is 2.50 bits per heavy atom. The molecule has 0 saturated heterocycles. The number of aryl methyl sites for hydroxylation is 1. The van der Waals surface area contributed by atoms with Crippen LogP contribution in [0, 0.1) is 13.8 Å². The predicted octanol–water partition coefficient (Wildman–Crippen LogP) is 1.45. The number of sulfonamides is 1. The summed E-state index contributed by atoms with van der Waals surface area (Å²) in [5, 5.41) is 9.23. The van der Waals surface area contributed by atoms with Crippen molar-refractivity contribution in [1.82, 2.24) is 4.31 Å². The molecule has 1 rings (SSSR count). The molecule has 0 heterocycles. The average Bonchev–Trinajstić information content (AvgIpc) is 2.41. The number of aliphatic hydroxyl groups is 1. The van der Waals surface area contributed by atoms with Crippen molar-refractivity contribution in [2.24, 2.45) is 0 Å². The fourth-order valence-corrected chi connectivity index (χ4v) is 3.38. The minimum atomic E-state index is -3.56. The normalized spacial score (nSPS) is 12.1. The highest BCUT2D eigenvalue weighted by Gasteiger charge is 2.23. The minimum absolute atomic E-state index is 0.174. The molecule has 1 N–H and O–H groups in total. The summed E-state index contributed by atoms with van der Waals surface area (Å²) in [4.78, 5) is 0.251. The summed E-state index contributed by atoms with van der Waals surface area (Å²) in [6.45, 7) is 6.54. The summed E-state index contributed by atoms with van der Waals surface area (Å²) in [6, 6.07) is 3.34. The number of ether oxygens (including phenoxy) is 1. The molecule has 0 unspecified atom stereocenters. The number of rotatable bonds is 7. The summed E-state index contributed by atoms with van der Waals surface area (Å²) in [5.74, 6) is 0. The van der Waals surface area contributed by atoms with Crippen LogP contribution in [0.4, 0.5) is 0 Å². The Hall–Kier alpha value is -0.950. The summed E-state index contributed by atoms with van der Waals surface area (Å²) >= 11 is 0. The first-order valence-electron chi connectivity index (χ1n) is 6.59. The summed E-state index contributed by atoms with van der Waals surface area (Å²) in [7, 11) is -2.03. The van der Waals surface area contributed by atoms with Gasteiger partial charge < -0.3 is 9.84 Å². The van der Waals surface area contributed by atoms with E-state index in [1.165, 1.54) is 17.4 Å². The number of hydrogen-bond acceptors (Lipinski definition) is 4. The number of nitrogens with zero attached hydrogens (tertiary/aromatic N) is 1. The number of aliphatic hydroxyl groups excluding tert-OH is 1. The van der Waals surface area contributed by atoms with Gasteiger partial charge in [-0.2, -0.15) is 4.31 Å². The van der Waals surface area contributed by atoms with Gasteiger partial charge in [-0.15, -0.1) is 0 Å². The topological polar surface area (TPSA) is 66.8 Å². The molecule has 6 heteroatoms. The Morgan fingerprint density at radius 1 is 1.30 bits per heavy atom. The van der Waals surface area contributed by atoms with Crippen LogP contribution in [0.2, 0.25) is 0 Å². The third-order valence-electron chi connectivity index (χ3n) is 3.30. The van der Waals surface area contributed by atoms with E-state index < -0.39 is 10.0 Å². The van der Waals surface area contributed by atoms with E-state index in [1.807, 2.05) is 13.8 Å². The molecular formula is C14H23NO4S. The lowest BCUT2D eigenvalue weighted by Crippen LogP contribution is -2.31. The van der Waals surface area contributed by atoms with Crippen LogP contribution in [0.5, 0.6) is 0 Å². The van der Waals surface area contributed by atoms with Crippen molar-refractivity contribution in [3.05, 3.63) is 28.8 Å². The van der Waals surface area contributed by atoms with Gasteiger partial charge in [0.25, 0.3) is 0 Å². The van der Waals surface area contributed by atoms with Gasteiger partial charge in [-0.25, -0.2) is 8.42 Å². The fourth-order valence-electron chi connectivity index (χ4n) is 1.88. The zero-order valence-electron chi connectivity index (χ0n) is 12.5. The smallest absolute Gasteiger partial charge is 0.243 e. The van der Waals surface area contributed by atoms with Crippen molar-refractivity contribution in [3.8, 4) is 0 Å². The van der Waals surface area contributed by atoms with Crippen molar-refractivity contribution in [2.45, 2.75) is 32.3 Å². The number of benzene rings is 1. The monoisotopic (exact) mass is 301 g/mol. The molecule has 0 amide bonds. The quantitative estimate of drug-likeness (QED) is 0.774. The maximum atomic E-state index is 12.6. The molecule has 1 aromatic rings. The highest BCUT2D eigenvalue weighted by Crippen LogP contribution is 2.23. The molecule has 0 spiro atoms. The predicted molar refractivity (Wildman–Crippen MR) is 78.1 cm³/mol. The Labute approximate surface area is 121 Å². The Balaban J connectivity index is 3.11. The van der Waals surface area contributed by atoms with Crippen molar-refractivity contribution in [3.63, 3.8) is 0 Å². The van der Waals surface area contributed by atoms with Gasteiger partial charge in [0.05, 0.1) is 18.1 Å². The Bertz CT molecular complexity index is 555. The molecule has 0 aliphatic rings. The molecule has 0 aromatic heterocycles. The molecule has 0 fully saturated rings. The summed E-state index contributed by atoms with van der Waals surface area (Å²) < 4.78 is 31.6. The van der Waals surface area contributed by atoms with E-state index in [9.17, 15) is 13.5 Å². The lowest BCUT2D eigenvalue weighted by atomic mass is 10.1. The molecule has 0 aliphatic heterocycles. The van der Waals surface area contributed by atoms with Crippen LogP contribution in [0.1, 0.15) is 23.6 Å². The second-order valence-corrected chi connectivity index (χ2v) is 6.73. The first-order valence-corrected chi connectivity index (χ1v) is 8.03. The van der Waals surface area contributed by atoms with E-state index in [0.29, 0.717) is 30.9 Å². The maximum Gasteiger partial charge on any atom is 0.243 e. The van der Waals surface area contributed by atoms with Crippen molar-refractivity contribution in [1.29, 1.82) is 0 Å². The highest BCUT2D eigenvalue weighted by atomic mass is 32.2. The Morgan fingerprint density at radius 2 is 1.95 bits per heavy atom. The molecule has 0 bridgehead atoms. The molecular weight excluding hydrogens is 278 g/mol. The lowest BCUT2D eigenvalue weighted by molar-refractivity contribution is 0.138. The van der Waals surface area contributed by atoms with Crippen LogP contribution in [0.15, 0.2) is 17.0 Å². The highest BCUT2D eigenvalue weighted by molar-refractivity contribution is 7.89. The number of hydrogen-bond donors (Lipinski definition) is 1. The third-order valence-corrected chi connectivity index (χ3v) is 5.29. The van der Waals surface area contributed by atoms with Crippen LogP contribution in [-0.2, 0) is 21.4 Å². The first kappa shape index (κ1) is 17.1. The van der Waals surface area contributed by atoms with E-state index in [1.54, 1.807) is 13.0 Å². The fraction of sp³-hybridized carbons (Fsp3) is 0.571. The van der Waals surface area contributed by atoms with Gasteiger partial charge in [0.15, 0.2) is 0 Å². The average molecular weight is 301 g/mol. The third kappa shape index (κ3) is 3.79. The van der Waals surface area contributed by atoms with E-state index in [4.69, 9.17) is 4.74 Å². The van der Waals surface area contributed by atoms with Crippen LogP contribution < -0.4 is 0 Å². The summed E-state index contributed by atoms with van der Waals surface area (Å²) in [5.41, 5.74) is 2.17. The van der Waals surface area contributed by atoms with Crippen molar-refractivity contribution < 1.29 is 18.3 Å². The second-order valence-electron chi connectivity index (χ2n) is 4.72. The van der Waals surface area contributed by atoms with Crippen molar-refractivity contribution >= 4 is 10.0 Å². The second kappa shape index (κ2) is 7.17. The zero-order valence-corrected chi connectivity index (χ0v) is 13.3. The van der Waals surface area contributed by atoms with Gasteiger partial charge in [0.2, 0.25) is 10.0 Å². The van der Waals surface area contributed by atoms with E-state index in [0.717, 1.165) is 5.56 Å². The SMILES string of the molecule is CCOCCN(C)S(=O)(=O)c1cc(CO)cc(C)c1C. The van der Waals surface area contributed by atoms with Crippen LogP contribution in [0.3, 0.4) is 0 Å². The molecule has 0 atom stereocenters. The van der Waals surface area contributed by atoms with Gasteiger partial charge in [0.1, 0.15) is 0 Å². The van der Waals surface area contributed by atoms with Crippen LogP contribution in [-0.4, -0.2) is 44.6 Å². The Kier molecular flexibility index (Phi) is 6.13. The molecule has 114 valence electrons. The van der Waals surface area contributed by atoms with Gasteiger partial charge >= 0.3 is 0 Å². The molecule has 5 nitrogen and oxygen atoms in total. The van der Waals surface area contributed by atoms with Crippen LogP contribution in [0.25, 0.3) is 0 Å². The standard InChI is InChI=1S/C14H23NO4S/c1-5-19-7-6-15(4)20(17,18)14-9-13(10-16)8-11(2)12(14)3/h8-9,16H,5-7,10H2,1-4H3. The van der Waals surface area contributed by atoms with E-state index in [-0.39, 0.29) is 11.5 Å². The zero-order chi connectivity index (χ0) is 15.3.